The van der Waals surface area contributed by atoms with E-state index in [9.17, 15) is 0 Å². The molecule has 0 aliphatic carbocycles. The highest BCUT2D eigenvalue weighted by Gasteiger charge is 2.23. The Hall–Kier alpha value is -8.61. The molecule has 0 bridgehead atoms. The summed E-state index contributed by atoms with van der Waals surface area (Å²) in [4.78, 5) is 18.3. The number of benzene rings is 3. The van der Waals surface area contributed by atoms with Crippen LogP contribution in [0, 0.1) is 13.8 Å². The Balaban J connectivity index is 0.000000153. The molecule has 0 spiro atoms. The third-order valence-electron chi connectivity index (χ3n) is 11.1. The fraction of sp³-hybridized carbons (Fsp3) is 0.178. The Morgan fingerprint density at radius 1 is 0.625 bits per heavy atom. The average molecular weight is 851 g/mol. The number of aromatic amines is 1. The van der Waals surface area contributed by atoms with E-state index < -0.39 is 0 Å². The first-order chi connectivity index (χ1) is 31.1. The number of rotatable bonds is 10. The zero-order valence-corrected chi connectivity index (χ0v) is 35.7. The standard InChI is InChI=1S/C25H22N8O.C20H20N10/c1-15-14-34-23-5-4-16(8-19(15)23)20-9-18(10-21-25(20)27-7-6-26-21)30-24(17-11-29-32(2)13-17)22-12-28-31-33(22)3;1-12-6-16(27-26-12)15-7-14(8-17-20(15)22-5-4-21-17)25-19(13-9-24-29(2)11-13)18-10-23-28-30(18)3/h4-14,24,30H,1-3H3;4-11,19,25H,1-3H3,(H,26,27). The number of aromatic nitrogens is 16. The molecular formula is C45H42N18O. The van der Waals surface area contributed by atoms with Gasteiger partial charge in [-0.1, -0.05) is 16.5 Å². The average Bonchev–Trinajstić information content (AvgIpc) is 4.19. The zero-order valence-electron chi connectivity index (χ0n) is 35.7. The lowest BCUT2D eigenvalue weighted by molar-refractivity contribution is 0.613. The number of furan rings is 1. The van der Waals surface area contributed by atoms with Gasteiger partial charge in [0.25, 0.3) is 0 Å². The number of hydrogen-bond donors (Lipinski definition) is 3. The largest absolute Gasteiger partial charge is 0.464 e. The van der Waals surface area contributed by atoms with E-state index in [1.165, 1.54) is 0 Å². The summed E-state index contributed by atoms with van der Waals surface area (Å²) in [5.74, 6) is 0. The summed E-state index contributed by atoms with van der Waals surface area (Å²) in [6.07, 6.45) is 19.8. The maximum atomic E-state index is 5.64. The molecule has 318 valence electrons. The van der Waals surface area contributed by atoms with E-state index in [0.29, 0.717) is 0 Å². The second kappa shape index (κ2) is 16.3. The van der Waals surface area contributed by atoms with Crippen molar-refractivity contribution in [3.63, 3.8) is 0 Å². The molecule has 8 aromatic heterocycles. The van der Waals surface area contributed by atoms with Crippen LogP contribution in [0.4, 0.5) is 11.4 Å². The SMILES string of the molecule is Cc1cc(-c2cc(NC(c3cnn(C)c3)c3cnnn3C)cc3nccnc23)[nH]n1.Cc1coc2ccc(-c3cc(NC(c4cnn(C)c4)c4cnnn4C)cc4nccnc34)cc12. The zero-order chi connectivity index (χ0) is 43.9. The first-order valence-electron chi connectivity index (χ1n) is 20.3. The molecule has 3 N–H and O–H groups in total. The molecule has 3 aromatic carbocycles. The van der Waals surface area contributed by atoms with Crippen molar-refractivity contribution < 1.29 is 4.42 Å². The minimum absolute atomic E-state index is 0.191. The van der Waals surface area contributed by atoms with Crippen molar-refractivity contribution in [3.8, 4) is 22.4 Å². The summed E-state index contributed by atoms with van der Waals surface area (Å²) in [5.41, 5.74) is 15.6. The molecule has 2 atom stereocenters. The van der Waals surface area contributed by atoms with Gasteiger partial charge in [0.2, 0.25) is 0 Å². The lowest BCUT2D eigenvalue weighted by atomic mass is 10.00. The molecule has 0 radical (unpaired) electrons. The quantitative estimate of drug-likeness (QED) is 0.129. The van der Waals surface area contributed by atoms with Crippen molar-refractivity contribution in [1.29, 1.82) is 0 Å². The van der Waals surface area contributed by atoms with E-state index >= 15 is 0 Å². The van der Waals surface area contributed by atoms with Crippen LogP contribution >= 0.6 is 0 Å². The van der Waals surface area contributed by atoms with Crippen molar-refractivity contribution in [2.24, 2.45) is 28.2 Å². The van der Waals surface area contributed by atoms with Gasteiger partial charge in [-0.25, -0.2) is 9.36 Å². The predicted octanol–water partition coefficient (Wildman–Crippen LogP) is 6.81. The van der Waals surface area contributed by atoms with Crippen molar-refractivity contribution in [2.75, 3.05) is 10.6 Å². The third-order valence-corrected chi connectivity index (χ3v) is 11.1. The van der Waals surface area contributed by atoms with Crippen molar-refractivity contribution >= 4 is 44.4 Å². The van der Waals surface area contributed by atoms with Crippen LogP contribution in [-0.2, 0) is 28.2 Å². The van der Waals surface area contributed by atoms with Gasteiger partial charge in [0.15, 0.2) is 0 Å². The lowest BCUT2D eigenvalue weighted by Gasteiger charge is -2.20. The number of aryl methyl sites for hydroxylation is 6. The van der Waals surface area contributed by atoms with Gasteiger partial charge in [-0.05, 0) is 67.4 Å². The van der Waals surface area contributed by atoms with Gasteiger partial charge in [-0.3, -0.25) is 34.4 Å². The van der Waals surface area contributed by atoms with E-state index in [-0.39, 0.29) is 12.1 Å². The first-order valence-corrected chi connectivity index (χ1v) is 20.3. The molecule has 0 aliphatic heterocycles. The molecular weight excluding hydrogens is 809 g/mol. The van der Waals surface area contributed by atoms with E-state index in [1.54, 1.807) is 62.2 Å². The minimum Gasteiger partial charge on any atom is -0.464 e. The maximum Gasteiger partial charge on any atom is 0.134 e. The Morgan fingerprint density at radius 3 is 1.70 bits per heavy atom. The van der Waals surface area contributed by atoms with Crippen LogP contribution in [0.1, 0.15) is 45.9 Å². The number of H-pyrrole nitrogens is 1. The molecule has 2 unspecified atom stereocenters. The minimum atomic E-state index is -0.200. The number of anilines is 2. The van der Waals surface area contributed by atoms with Crippen molar-refractivity contribution in [2.45, 2.75) is 25.9 Å². The fourth-order valence-electron chi connectivity index (χ4n) is 7.91. The monoisotopic (exact) mass is 850 g/mol. The van der Waals surface area contributed by atoms with Crippen molar-refractivity contribution in [3.05, 3.63) is 151 Å². The topological polar surface area (TPSA) is 214 Å². The lowest BCUT2D eigenvalue weighted by Crippen LogP contribution is -2.16. The summed E-state index contributed by atoms with van der Waals surface area (Å²) < 4.78 is 12.7. The first kappa shape index (κ1) is 39.5. The Labute approximate surface area is 365 Å². The summed E-state index contributed by atoms with van der Waals surface area (Å²) >= 11 is 0. The Kier molecular flexibility index (Phi) is 10.1. The van der Waals surface area contributed by atoms with Gasteiger partial charge < -0.3 is 15.1 Å². The van der Waals surface area contributed by atoms with Crippen molar-refractivity contribution in [1.82, 2.24) is 79.7 Å². The van der Waals surface area contributed by atoms with Crippen LogP contribution in [0.2, 0.25) is 0 Å². The van der Waals surface area contributed by atoms with Gasteiger partial charge in [-0.15, -0.1) is 10.2 Å². The number of hydrogen-bond acceptors (Lipinski definition) is 14. The van der Waals surface area contributed by atoms with Crippen LogP contribution in [0.3, 0.4) is 0 Å². The van der Waals surface area contributed by atoms with Gasteiger partial charge in [-0.2, -0.15) is 15.3 Å². The number of nitrogens with one attached hydrogen (secondary N) is 3. The van der Waals surface area contributed by atoms with Gasteiger partial charge in [0.05, 0.1) is 88.0 Å². The summed E-state index contributed by atoms with van der Waals surface area (Å²) in [6, 6.07) is 16.0. The van der Waals surface area contributed by atoms with E-state index in [1.807, 2.05) is 91.1 Å². The molecule has 0 saturated carbocycles. The Bertz CT molecular complexity index is 3420. The van der Waals surface area contributed by atoms with Crippen LogP contribution in [0.5, 0.6) is 0 Å². The third kappa shape index (κ3) is 7.65. The highest BCUT2D eigenvalue weighted by atomic mass is 16.3. The molecule has 19 nitrogen and oxygen atoms in total. The van der Waals surface area contributed by atoms with Gasteiger partial charge >= 0.3 is 0 Å². The molecule has 19 heteroatoms. The molecule has 11 aromatic rings. The van der Waals surface area contributed by atoms with E-state index in [4.69, 9.17) is 4.42 Å². The summed E-state index contributed by atoms with van der Waals surface area (Å²) in [6.45, 7) is 4.00. The summed E-state index contributed by atoms with van der Waals surface area (Å²) in [7, 11) is 7.55. The predicted molar refractivity (Wildman–Crippen MR) is 241 cm³/mol. The molecule has 0 aliphatic rings. The molecule has 11 rings (SSSR count). The summed E-state index contributed by atoms with van der Waals surface area (Å²) in [5, 5.41) is 40.7. The molecule has 0 saturated heterocycles. The Morgan fingerprint density at radius 2 is 1.19 bits per heavy atom. The molecule has 0 fully saturated rings. The fourth-order valence-corrected chi connectivity index (χ4v) is 7.91. The second-order valence-electron chi connectivity index (χ2n) is 15.6. The van der Waals surface area contributed by atoms with Gasteiger partial charge in [0.1, 0.15) is 5.58 Å². The van der Waals surface area contributed by atoms with Crippen LogP contribution in [0.25, 0.3) is 55.4 Å². The highest BCUT2D eigenvalue weighted by molar-refractivity contribution is 5.97. The highest BCUT2D eigenvalue weighted by Crippen LogP contribution is 2.36. The molecule has 8 heterocycles. The number of nitrogens with zero attached hydrogens (tertiary/aromatic N) is 15. The van der Waals surface area contributed by atoms with Gasteiger partial charge in [0, 0.05) is 104 Å². The normalized spacial score (nSPS) is 12.4. The van der Waals surface area contributed by atoms with Crippen LogP contribution in [-0.4, -0.2) is 79.7 Å². The van der Waals surface area contributed by atoms with E-state index in [0.717, 1.165) is 101 Å². The van der Waals surface area contributed by atoms with Crippen LogP contribution < -0.4 is 10.6 Å². The number of fused-ring (bicyclic) bond motifs is 3. The van der Waals surface area contributed by atoms with E-state index in [2.05, 4.69) is 95.9 Å². The van der Waals surface area contributed by atoms with Crippen LogP contribution in [0.15, 0.2) is 121 Å². The smallest absolute Gasteiger partial charge is 0.134 e. The maximum absolute atomic E-state index is 5.64. The molecule has 0 amide bonds. The molecule has 64 heavy (non-hydrogen) atoms. The second-order valence-corrected chi connectivity index (χ2v) is 15.6.